The molecule has 0 aromatic rings. The number of rotatable bonds is 9. The van der Waals surface area contributed by atoms with Gasteiger partial charge in [-0.05, 0) is 18.6 Å². The van der Waals surface area contributed by atoms with E-state index < -0.39 is 0 Å². The van der Waals surface area contributed by atoms with Crippen molar-refractivity contribution in [3.05, 3.63) is 0 Å². The number of hydrogen-bond donors (Lipinski definition) is 1. The molecule has 0 aliphatic carbocycles. The summed E-state index contributed by atoms with van der Waals surface area (Å²) in [6, 6.07) is 0. The fourth-order valence-corrected chi connectivity index (χ4v) is 1.57. The van der Waals surface area contributed by atoms with Gasteiger partial charge in [0.1, 0.15) is 0 Å². The number of thiocarbonyl (C=S) groups is 1. The van der Waals surface area contributed by atoms with Crippen LogP contribution in [-0.2, 0) is 4.74 Å². The third-order valence-electron chi connectivity index (χ3n) is 2.22. The van der Waals surface area contributed by atoms with E-state index >= 15 is 0 Å². The van der Waals surface area contributed by atoms with Gasteiger partial charge in [-0.2, -0.15) is 0 Å². The molecule has 0 rings (SSSR count). The summed E-state index contributed by atoms with van der Waals surface area (Å²) in [6.07, 6.45) is 10.5. The summed E-state index contributed by atoms with van der Waals surface area (Å²) in [4.78, 5) is 0. The zero-order valence-electron chi connectivity index (χ0n) is 9.13. The summed E-state index contributed by atoms with van der Waals surface area (Å²) in [6.45, 7) is 2.98. The third-order valence-corrected chi connectivity index (χ3v) is 2.47. The molecule has 0 radical (unpaired) electrons. The molecule has 0 saturated heterocycles. The van der Waals surface area contributed by atoms with Crippen molar-refractivity contribution in [2.24, 2.45) is 0 Å². The number of hydrogen-bond acceptors (Lipinski definition) is 2. The fraction of sp³-hybridized carbons (Fsp3) is 0.909. The minimum absolute atomic E-state index is 0. The Kier molecular flexibility index (Phi) is 20.3. The first kappa shape index (κ1) is 19.2. The van der Waals surface area contributed by atoms with E-state index in [4.69, 9.17) is 4.74 Å². The summed E-state index contributed by atoms with van der Waals surface area (Å²) < 4.78 is 5.45. The van der Waals surface area contributed by atoms with Gasteiger partial charge >= 0.3 is 51.4 Å². The molecular weight excluding hydrogens is 251 g/mol. The molecule has 0 amide bonds. The Morgan fingerprint density at radius 2 is 1.47 bits per heavy atom. The van der Waals surface area contributed by atoms with Gasteiger partial charge in [0.2, 0.25) is 4.38 Å². The quantitative estimate of drug-likeness (QED) is 0.297. The average Bonchev–Trinajstić information content (AvgIpc) is 2.15. The normalized spacial score (nSPS) is 9.47. The number of ether oxygens (including phenoxy) is 1. The van der Waals surface area contributed by atoms with Crippen molar-refractivity contribution < 1.29 is 4.74 Å². The van der Waals surface area contributed by atoms with Gasteiger partial charge in [-0.3, -0.25) is 0 Å². The molecule has 0 saturated carbocycles. The summed E-state index contributed by atoms with van der Waals surface area (Å²) in [7, 11) is 0. The molecule has 0 bridgehead atoms. The van der Waals surface area contributed by atoms with E-state index in [2.05, 4.69) is 31.8 Å². The van der Waals surface area contributed by atoms with Gasteiger partial charge in [-0.25, -0.2) is 0 Å². The second kappa shape index (κ2) is 15.9. The van der Waals surface area contributed by atoms with Crippen molar-refractivity contribution in [1.29, 1.82) is 0 Å². The minimum atomic E-state index is 0. The van der Waals surface area contributed by atoms with Crippen LogP contribution in [0.3, 0.4) is 0 Å². The first-order valence-corrected chi connectivity index (χ1v) is 6.48. The Bertz CT molecular complexity index is 143. The van der Waals surface area contributed by atoms with Gasteiger partial charge < -0.3 is 4.74 Å². The Morgan fingerprint density at radius 3 is 1.93 bits per heavy atom. The molecule has 0 aromatic carbocycles. The van der Waals surface area contributed by atoms with Crippen molar-refractivity contribution >= 4 is 80.6 Å². The third kappa shape index (κ3) is 18.4. The molecule has 0 heterocycles. The first-order chi connectivity index (χ1) is 6.77. The molecular formula is C11H23KOS2. The van der Waals surface area contributed by atoms with Crippen LogP contribution >= 0.6 is 24.8 Å². The zero-order chi connectivity index (χ0) is 10.6. The first-order valence-electron chi connectivity index (χ1n) is 5.63. The molecule has 15 heavy (non-hydrogen) atoms. The van der Waals surface area contributed by atoms with Crippen LogP contribution in [0.5, 0.6) is 0 Å². The van der Waals surface area contributed by atoms with Crippen LogP contribution in [0.1, 0.15) is 58.3 Å². The Morgan fingerprint density at radius 1 is 1.00 bits per heavy atom. The molecule has 0 spiro atoms. The summed E-state index contributed by atoms with van der Waals surface area (Å²) >= 11 is 8.58. The van der Waals surface area contributed by atoms with Crippen molar-refractivity contribution in [3.63, 3.8) is 0 Å². The van der Waals surface area contributed by atoms with E-state index in [1.54, 1.807) is 0 Å². The molecule has 4 heteroatoms. The molecule has 0 aliphatic heterocycles. The zero-order valence-corrected chi connectivity index (χ0v) is 10.8. The van der Waals surface area contributed by atoms with Crippen LogP contribution < -0.4 is 0 Å². The summed E-state index contributed by atoms with van der Waals surface area (Å²) in [5, 5.41) is 0. The maximum atomic E-state index is 5.08. The predicted molar refractivity (Wildman–Crippen MR) is 77.3 cm³/mol. The second-order valence-electron chi connectivity index (χ2n) is 3.59. The monoisotopic (exact) mass is 274 g/mol. The predicted octanol–water partition coefficient (Wildman–Crippen LogP) is 3.71. The molecule has 0 atom stereocenters. The van der Waals surface area contributed by atoms with E-state index in [1.165, 1.54) is 44.9 Å². The Hall–Kier alpha value is 1.88. The maximum absolute atomic E-state index is 5.08. The summed E-state index contributed by atoms with van der Waals surface area (Å²) in [5.74, 6) is 0. The van der Waals surface area contributed by atoms with Gasteiger partial charge in [0, 0.05) is 0 Å². The molecule has 86 valence electrons. The SMILES string of the molecule is CCCCCCCCCCOC(=S)S.[KH]. The van der Waals surface area contributed by atoms with Gasteiger partial charge in [0.05, 0.1) is 6.61 Å². The number of thiol groups is 1. The van der Waals surface area contributed by atoms with Gasteiger partial charge in [0.25, 0.3) is 0 Å². The molecule has 0 aromatic heterocycles. The van der Waals surface area contributed by atoms with E-state index in [0.29, 0.717) is 4.38 Å². The van der Waals surface area contributed by atoms with Crippen molar-refractivity contribution in [2.75, 3.05) is 6.61 Å². The van der Waals surface area contributed by atoms with Crippen molar-refractivity contribution in [2.45, 2.75) is 58.3 Å². The summed E-state index contributed by atoms with van der Waals surface area (Å²) in [5.41, 5.74) is 0. The molecule has 0 aliphatic rings. The van der Waals surface area contributed by atoms with Crippen LogP contribution in [0.15, 0.2) is 0 Å². The van der Waals surface area contributed by atoms with Crippen LogP contribution in [0.25, 0.3) is 0 Å². The van der Waals surface area contributed by atoms with Crippen LogP contribution in [0.2, 0.25) is 0 Å². The van der Waals surface area contributed by atoms with E-state index in [9.17, 15) is 0 Å². The van der Waals surface area contributed by atoms with E-state index in [0.717, 1.165) is 13.0 Å². The van der Waals surface area contributed by atoms with Crippen molar-refractivity contribution in [1.82, 2.24) is 0 Å². The topological polar surface area (TPSA) is 9.23 Å². The average molecular weight is 275 g/mol. The molecule has 0 unspecified atom stereocenters. The standard InChI is InChI=1S/C11H22OS2.K.H/c1-2-3-4-5-6-7-8-9-10-12-11(13)14;;/h2-10H2,1H3,(H,13,14);;. The molecule has 0 fully saturated rings. The second-order valence-corrected chi connectivity index (χ2v) is 4.67. The van der Waals surface area contributed by atoms with Crippen LogP contribution in [0.4, 0.5) is 0 Å². The van der Waals surface area contributed by atoms with Gasteiger partial charge in [0.15, 0.2) is 0 Å². The van der Waals surface area contributed by atoms with Crippen molar-refractivity contribution in [3.8, 4) is 0 Å². The molecule has 0 N–H and O–H groups in total. The van der Waals surface area contributed by atoms with Gasteiger partial charge in [-0.1, -0.05) is 64.5 Å². The number of unbranched alkanes of at least 4 members (excludes halogenated alkanes) is 7. The van der Waals surface area contributed by atoms with E-state index in [-0.39, 0.29) is 51.4 Å². The van der Waals surface area contributed by atoms with Crippen LogP contribution in [-0.4, -0.2) is 62.4 Å². The fourth-order valence-electron chi connectivity index (χ4n) is 1.40. The Balaban J connectivity index is 0. The van der Waals surface area contributed by atoms with Crippen LogP contribution in [0, 0.1) is 0 Å². The molecule has 1 nitrogen and oxygen atoms in total. The Labute approximate surface area is 148 Å². The van der Waals surface area contributed by atoms with Gasteiger partial charge in [-0.15, -0.1) is 0 Å². The van der Waals surface area contributed by atoms with E-state index in [1.807, 2.05) is 0 Å².